The summed E-state index contributed by atoms with van der Waals surface area (Å²) < 4.78 is 0. The minimum absolute atomic E-state index is 0.441. The molecule has 2 unspecified atom stereocenters. The number of anilines is 1. The van der Waals surface area contributed by atoms with E-state index in [4.69, 9.17) is 0 Å². The molecule has 96 valence electrons. The van der Waals surface area contributed by atoms with E-state index in [9.17, 15) is 9.90 Å². The number of likely N-dealkylation sites (N-methyl/N-ethyl adjacent to an activating group) is 1. The third-order valence-electron chi connectivity index (χ3n) is 4.26. The Morgan fingerprint density at radius 1 is 1.44 bits per heavy atom. The average molecular weight is 246 g/mol. The summed E-state index contributed by atoms with van der Waals surface area (Å²) in [6, 6.07) is 4.10. The zero-order valence-corrected chi connectivity index (χ0v) is 10.7. The number of carboxylic acid groups (broad SMARTS) is 1. The van der Waals surface area contributed by atoms with Crippen LogP contribution in [0.25, 0.3) is 0 Å². The van der Waals surface area contributed by atoms with E-state index in [1.165, 1.54) is 5.56 Å². The van der Waals surface area contributed by atoms with Crippen LogP contribution in [0.15, 0.2) is 12.1 Å². The van der Waals surface area contributed by atoms with Gasteiger partial charge in [-0.3, -0.25) is 0 Å². The van der Waals surface area contributed by atoms with E-state index in [2.05, 4.69) is 24.3 Å². The van der Waals surface area contributed by atoms with Crippen LogP contribution in [0.2, 0.25) is 0 Å². The van der Waals surface area contributed by atoms with Gasteiger partial charge in [-0.25, -0.2) is 4.79 Å². The van der Waals surface area contributed by atoms with Crippen molar-refractivity contribution in [2.24, 2.45) is 0 Å². The van der Waals surface area contributed by atoms with Gasteiger partial charge in [0.1, 0.15) is 0 Å². The van der Waals surface area contributed by atoms with Gasteiger partial charge in [0.15, 0.2) is 0 Å². The van der Waals surface area contributed by atoms with Gasteiger partial charge < -0.3 is 15.3 Å². The molecule has 0 aromatic heterocycles. The Balaban J connectivity index is 2.12. The van der Waals surface area contributed by atoms with E-state index < -0.39 is 5.97 Å². The highest BCUT2D eigenvalue weighted by molar-refractivity contribution is 5.91. The Kier molecular flexibility index (Phi) is 2.55. The molecule has 0 bridgehead atoms. The van der Waals surface area contributed by atoms with Gasteiger partial charge in [-0.1, -0.05) is 0 Å². The number of hydrogen-bond acceptors (Lipinski definition) is 3. The Labute approximate surface area is 107 Å². The average Bonchev–Trinajstić information content (AvgIpc) is 2.74. The summed E-state index contributed by atoms with van der Waals surface area (Å²) in [5.41, 5.74) is 3.92. The van der Waals surface area contributed by atoms with Crippen LogP contribution in [0.3, 0.4) is 0 Å². The molecule has 2 aliphatic rings. The van der Waals surface area contributed by atoms with Crippen molar-refractivity contribution in [3.05, 3.63) is 28.8 Å². The topological polar surface area (TPSA) is 52.6 Å². The van der Waals surface area contributed by atoms with Crippen LogP contribution in [-0.4, -0.2) is 42.7 Å². The summed E-state index contributed by atoms with van der Waals surface area (Å²) in [5.74, 6) is -0.340. The maximum absolute atomic E-state index is 11.4. The maximum atomic E-state index is 11.4. The SMILES string of the molecule is CN(C)C1Cc2c(C(=O)O)ccc3c2C(CN3)C1. The van der Waals surface area contributed by atoms with E-state index in [0.29, 0.717) is 17.5 Å². The number of carboxylic acids is 1. The lowest BCUT2D eigenvalue weighted by molar-refractivity contribution is 0.0694. The Morgan fingerprint density at radius 2 is 2.22 bits per heavy atom. The molecule has 0 saturated heterocycles. The van der Waals surface area contributed by atoms with Crippen LogP contribution in [0.1, 0.15) is 33.8 Å². The van der Waals surface area contributed by atoms with Gasteiger partial charge in [-0.2, -0.15) is 0 Å². The molecule has 1 aliphatic carbocycles. The van der Waals surface area contributed by atoms with Gasteiger partial charge in [0.05, 0.1) is 5.56 Å². The largest absolute Gasteiger partial charge is 0.478 e. The Morgan fingerprint density at radius 3 is 2.89 bits per heavy atom. The number of nitrogens with zero attached hydrogens (tertiary/aromatic N) is 1. The molecule has 18 heavy (non-hydrogen) atoms. The van der Waals surface area contributed by atoms with Crippen molar-refractivity contribution >= 4 is 11.7 Å². The van der Waals surface area contributed by atoms with Crippen molar-refractivity contribution in [1.29, 1.82) is 0 Å². The molecule has 1 aliphatic heterocycles. The number of hydrogen-bond donors (Lipinski definition) is 2. The first-order chi connectivity index (χ1) is 8.58. The highest BCUT2D eigenvalue weighted by Crippen LogP contribution is 2.43. The highest BCUT2D eigenvalue weighted by atomic mass is 16.4. The van der Waals surface area contributed by atoms with E-state index in [1.807, 2.05) is 6.07 Å². The fourth-order valence-corrected chi connectivity index (χ4v) is 3.28. The third kappa shape index (κ3) is 1.60. The van der Waals surface area contributed by atoms with Crippen molar-refractivity contribution in [3.63, 3.8) is 0 Å². The second-order valence-corrected chi connectivity index (χ2v) is 5.49. The highest BCUT2D eigenvalue weighted by Gasteiger charge is 2.35. The lowest BCUT2D eigenvalue weighted by Gasteiger charge is -2.33. The van der Waals surface area contributed by atoms with Gasteiger partial charge >= 0.3 is 5.97 Å². The van der Waals surface area contributed by atoms with Crippen LogP contribution in [0.4, 0.5) is 5.69 Å². The molecule has 4 heteroatoms. The molecule has 0 fully saturated rings. The van der Waals surface area contributed by atoms with E-state index in [-0.39, 0.29) is 0 Å². The molecular weight excluding hydrogens is 228 g/mol. The maximum Gasteiger partial charge on any atom is 0.335 e. The second kappa shape index (κ2) is 3.99. The summed E-state index contributed by atoms with van der Waals surface area (Å²) in [6.45, 7) is 0.940. The van der Waals surface area contributed by atoms with E-state index in [0.717, 1.165) is 30.6 Å². The first kappa shape index (κ1) is 11.5. The smallest absolute Gasteiger partial charge is 0.335 e. The number of aromatic carboxylic acids is 1. The van der Waals surface area contributed by atoms with E-state index in [1.54, 1.807) is 6.07 Å². The van der Waals surface area contributed by atoms with Crippen molar-refractivity contribution in [2.75, 3.05) is 26.0 Å². The Hall–Kier alpha value is -1.55. The number of carbonyl (C=O) groups is 1. The fraction of sp³-hybridized carbons (Fsp3) is 0.500. The molecule has 1 heterocycles. The molecule has 0 amide bonds. The molecule has 2 N–H and O–H groups in total. The van der Waals surface area contributed by atoms with Crippen LogP contribution in [-0.2, 0) is 6.42 Å². The monoisotopic (exact) mass is 246 g/mol. The minimum Gasteiger partial charge on any atom is -0.478 e. The second-order valence-electron chi connectivity index (χ2n) is 5.49. The van der Waals surface area contributed by atoms with Crippen molar-refractivity contribution in [1.82, 2.24) is 4.90 Å². The zero-order valence-electron chi connectivity index (χ0n) is 10.7. The molecular formula is C14H18N2O2. The molecule has 0 saturated carbocycles. The van der Waals surface area contributed by atoms with Gasteiger partial charge in [0.2, 0.25) is 0 Å². The molecule has 1 aromatic rings. The normalized spacial score (nSPS) is 24.8. The molecule has 0 radical (unpaired) electrons. The van der Waals surface area contributed by atoms with Crippen LogP contribution < -0.4 is 5.32 Å². The third-order valence-corrected chi connectivity index (χ3v) is 4.26. The molecule has 2 atom stereocenters. The molecule has 1 aromatic carbocycles. The predicted molar refractivity (Wildman–Crippen MR) is 70.4 cm³/mol. The quantitative estimate of drug-likeness (QED) is 0.835. The van der Waals surface area contributed by atoms with Crippen molar-refractivity contribution in [3.8, 4) is 0 Å². The van der Waals surface area contributed by atoms with E-state index >= 15 is 0 Å². The zero-order chi connectivity index (χ0) is 12.9. The van der Waals surface area contributed by atoms with Gasteiger partial charge in [0, 0.05) is 24.2 Å². The van der Waals surface area contributed by atoms with Crippen LogP contribution >= 0.6 is 0 Å². The number of nitrogens with one attached hydrogen (secondary N) is 1. The molecule has 0 spiro atoms. The Bertz CT molecular complexity index is 511. The fourth-order valence-electron chi connectivity index (χ4n) is 3.28. The van der Waals surface area contributed by atoms with Gasteiger partial charge in [0.25, 0.3) is 0 Å². The van der Waals surface area contributed by atoms with Crippen molar-refractivity contribution < 1.29 is 9.90 Å². The summed E-state index contributed by atoms with van der Waals surface area (Å²) in [7, 11) is 4.14. The minimum atomic E-state index is -0.808. The molecule has 4 nitrogen and oxygen atoms in total. The number of benzene rings is 1. The van der Waals surface area contributed by atoms with Gasteiger partial charge in [-0.15, -0.1) is 0 Å². The predicted octanol–water partition coefficient (Wildman–Crippen LogP) is 1.77. The number of rotatable bonds is 2. The summed E-state index contributed by atoms with van der Waals surface area (Å²) in [4.78, 5) is 13.6. The molecule has 3 rings (SSSR count). The van der Waals surface area contributed by atoms with Crippen molar-refractivity contribution in [2.45, 2.75) is 24.8 Å². The van der Waals surface area contributed by atoms with Crippen LogP contribution in [0, 0.1) is 0 Å². The standard InChI is InChI=1S/C14H18N2O2/c1-16(2)9-5-8-7-15-12-4-3-10(14(17)18)11(6-9)13(8)12/h3-4,8-9,15H,5-7H2,1-2H3,(H,17,18). The summed E-state index contributed by atoms with van der Waals surface area (Å²) >= 11 is 0. The summed E-state index contributed by atoms with van der Waals surface area (Å²) in [6.07, 6.45) is 1.96. The first-order valence-electron chi connectivity index (χ1n) is 6.37. The lowest BCUT2D eigenvalue weighted by atomic mass is 9.79. The summed E-state index contributed by atoms with van der Waals surface area (Å²) in [5, 5.41) is 12.7. The lowest BCUT2D eigenvalue weighted by Crippen LogP contribution is -2.36. The van der Waals surface area contributed by atoms with Crippen LogP contribution in [0.5, 0.6) is 0 Å². The van der Waals surface area contributed by atoms with Gasteiger partial charge in [-0.05, 0) is 50.2 Å². The first-order valence-corrected chi connectivity index (χ1v) is 6.37.